The Labute approximate surface area is 170 Å². The first-order chi connectivity index (χ1) is 14.0. The second-order valence-corrected chi connectivity index (χ2v) is 8.33. The van der Waals surface area contributed by atoms with Crippen LogP contribution in [0.2, 0.25) is 0 Å². The van der Waals surface area contributed by atoms with Crippen LogP contribution in [0.3, 0.4) is 0 Å². The van der Waals surface area contributed by atoms with Gasteiger partial charge in [-0.2, -0.15) is 5.10 Å². The molecule has 156 valence electrons. The van der Waals surface area contributed by atoms with Gasteiger partial charge in [-0.15, -0.1) is 0 Å². The van der Waals surface area contributed by atoms with Gasteiger partial charge in [-0.25, -0.2) is 4.98 Å². The molecule has 29 heavy (non-hydrogen) atoms. The van der Waals surface area contributed by atoms with Crippen molar-refractivity contribution >= 4 is 11.9 Å². The smallest absolute Gasteiger partial charge is 0.257 e. The Morgan fingerprint density at radius 3 is 2.76 bits per heavy atom. The second kappa shape index (κ2) is 8.00. The van der Waals surface area contributed by atoms with E-state index in [4.69, 9.17) is 4.98 Å². The van der Waals surface area contributed by atoms with Gasteiger partial charge in [0.25, 0.3) is 11.5 Å². The predicted molar refractivity (Wildman–Crippen MR) is 111 cm³/mol. The number of carbonyl (C=O) groups excluding carboxylic acids is 1. The fraction of sp³-hybridized carbons (Fsp3) is 0.619. The number of hydrogen-bond acceptors (Lipinski definition) is 5. The van der Waals surface area contributed by atoms with E-state index in [2.05, 4.69) is 28.8 Å². The van der Waals surface area contributed by atoms with Crippen LogP contribution in [0.5, 0.6) is 0 Å². The molecule has 1 amide bonds. The van der Waals surface area contributed by atoms with E-state index in [-0.39, 0.29) is 11.5 Å². The third-order valence-electron chi connectivity index (χ3n) is 6.20. The summed E-state index contributed by atoms with van der Waals surface area (Å²) in [7, 11) is 0. The number of H-pyrrole nitrogens is 1. The standard InChI is InChI=1S/C21H30N6O2/c1-4-8-27-15(3)17(12-22-27)20(29)26-11-7-16-18(13-26)23-21(24-19(16)28)25-9-5-14(2)6-10-25/h12,14H,4-11,13H2,1-3H3,(H,23,24,28). The molecule has 0 saturated carbocycles. The molecule has 4 rings (SSSR count). The normalized spacial score (nSPS) is 17.5. The van der Waals surface area contributed by atoms with Crippen molar-refractivity contribution in [1.29, 1.82) is 0 Å². The summed E-state index contributed by atoms with van der Waals surface area (Å²) < 4.78 is 1.88. The Kier molecular flexibility index (Phi) is 5.43. The maximum atomic E-state index is 13.1. The molecule has 0 bridgehead atoms. The van der Waals surface area contributed by atoms with Crippen LogP contribution in [-0.2, 0) is 19.5 Å². The Bertz CT molecular complexity index is 955. The number of fused-ring (bicyclic) bond motifs is 1. The number of piperidine rings is 1. The van der Waals surface area contributed by atoms with Crippen molar-refractivity contribution in [3.63, 3.8) is 0 Å². The van der Waals surface area contributed by atoms with Gasteiger partial charge in [0, 0.05) is 37.4 Å². The van der Waals surface area contributed by atoms with Crippen LogP contribution in [0.4, 0.5) is 5.95 Å². The molecule has 0 aliphatic carbocycles. The molecule has 0 atom stereocenters. The number of hydrogen-bond donors (Lipinski definition) is 1. The van der Waals surface area contributed by atoms with Gasteiger partial charge in [0.2, 0.25) is 5.95 Å². The molecular weight excluding hydrogens is 368 g/mol. The lowest BCUT2D eigenvalue weighted by atomic mass is 9.99. The van der Waals surface area contributed by atoms with Crippen molar-refractivity contribution in [3.05, 3.63) is 39.1 Å². The molecule has 8 nitrogen and oxygen atoms in total. The minimum absolute atomic E-state index is 0.0362. The summed E-state index contributed by atoms with van der Waals surface area (Å²) in [4.78, 5) is 37.4. The lowest BCUT2D eigenvalue weighted by molar-refractivity contribution is 0.0730. The molecule has 2 aromatic heterocycles. The SMILES string of the molecule is CCCn1ncc(C(=O)N2CCc3c(nc(N4CCC(C)CC4)[nH]c3=O)C2)c1C. The number of aromatic nitrogens is 4. The third-order valence-corrected chi connectivity index (χ3v) is 6.20. The summed E-state index contributed by atoms with van der Waals surface area (Å²) in [5.41, 5.74) is 2.89. The first-order valence-corrected chi connectivity index (χ1v) is 10.7. The average Bonchev–Trinajstić information content (AvgIpc) is 3.08. The molecule has 1 saturated heterocycles. The fourth-order valence-electron chi connectivity index (χ4n) is 4.23. The zero-order valence-electron chi connectivity index (χ0n) is 17.6. The molecule has 1 N–H and O–H groups in total. The van der Waals surface area contributed by atoms with Crippen LogP contribution >= 0.6 is 0 Å². The lowest BCUT2D eigenvalue weighted by Gasteiger charge is -2.32. The fourth-order valence-corrected chi connectivity index (χ4v) is 4.23. The molecule has 2 aliphatic rings. The van der Waals surface area contributed by atoms with E-state index in [0.29, 0.717) is 42.5 Å². The Hall–Kier alpha value is -2.64. The Balaban J connectivity index is 1.56. The maximum absolute atomic E-state index is 13.1. The molecular formula is C21H30N6O2. The summed E-state index contributed by atoms with van der Waals surface area (Å²) in [6, 6.07) is 0. The highest BCUT2D eigenvalue weighted by molar-refractivity contribution is 5.95. The van der Waals surface area contributed by atoms with Gasteiger partial charge < -0.3 is 9.80 Å². The quantitative estimate of drug-likeness (QED) is 0.852. The number of aromatic amines is 1. The van der Waals surface area contributed by atoms with Crippen LogP contribution in [0.1, 0.15) is 60.4 Å². The van der Waals surface area contributed by atoms with Crippen molar-refractivity contribution in [3.8, 4) is 0 Å². The van der Waals surface area contributed by atoms with Crippen LogP contribution in [0, 0.1) is 12.8 Å². The first kappa shape index (κ1) is 19.7. The van der Waals surface area contributed by atoms with Gasteiger partial charge in [-0.1, -0.05) is 13.8 Å². The number of nitrogens with zero attached hydrogens (tertiary/aromatic N) is 5. The number of amides is 1. The van der Waals surface area contributed by atoms with Gasteiger partial charge in [0.1, 0.15) is 0 Å². The van der Waals surface area contributed by atoms with Gasteiger partial charge in [-0.3, -0.25) is 19.3 Å². The summed E-state index contributed by atoms with van der Waals surface area (Å²) in [6.07, 6.45) is 5.37. The topological polar surface area (TPSA) is 87.1 Å². The zero-order valence-corrected chi connectivity index (χ0v) is 17.6. The lowest BCUT2D eigenvalue weighted by Crippen LogP contribution is -2.41. The van der Waals surface area contributed by atoms with Crippen molar-refractivity contribution in [1.82, 2.24) is 24.6 Å². The summed E-state index contributed by atoms with van der Waals surface area (Å²) in [6.45, 7) is 9.79. The maximum Gasteiger partial charge on any atom is 0.257 e. The van der Waals surface area contributed by atoms with Crippen LogP contribution in [-0.4, -0.2) is 50.2 Å². The van der Waals surface area contributed by atoms with E-state index < -0.39 is 0 Å². The highest BCUT2D eigenvalue weighted by atomic mass is 16.2. The number of aryl methyl sites for hydroxylation is 1. The van der Waals surface area contributed by atoms with Gasteiger partial charge in [-0.05, 0) is 38.5 Å². The van der Waals surface area contributed by atoms with Crippen molar-refractivity contribution in [2.24, 2.45) is 5.92 Å². The zero-order chi connectivity index (χ0) is 20.5. The Morgan fingerprint density at radius 1 is 1.28 bits per heavy atom. The second-order valence-electron chi connectivity index (χ2n) is 8.33. The molecule has 0 aromatic carbocycles. The summed E-state index contributed by atoms with van der Waals surface area (Å²) in [5.74, 6) is 1.31. The highest BCUT2D eigenvalue weighted by Gasteiger charge is 2.28. The van der Waals surface area contributed by atoms with Crippen molar-refractivity contribution in [2.45, 2.75) is 59.5 Å². The third kappa shape index (κ3) is 3.80. The first-order valence-electron chi connectivity index (χ1n) is 10.7. The summed E-state index contributed by atoms with van der Waals surface area (Å²) >= 11 is 0. The number of carbonyl (C=O) groups is 1. The molecule has 0 spiro atoms. The van der Waals surface area contributed by atoms with Gasteiger partial charge in [0.15, 0.2) is 0 Å². The number of nitrogens with one attached hydrogen (secondary N) is 1. The molecule has 0 unspecified atom stereocenters. The largest absolute Gasteiger partial charge is 0.342 e. The summed E-state index contributed by atoms with van der Waals surface area (Å²) in [5, 5.41) is 4.35. The van der Waals surface area contributed by atoms with E-state index in [0.717, 1.165) is 50.3 Å². The predicted octanol–water partition coefficient (Wildman–Crippen LogP) is 2.12. The average molecular weight is 399 g/mol. The molecule has 1 fully saturated rings. The van der Waals surface area contributed by atoms with Crippen LogP contribution in [0.15, 0.2) is 11.0 Å². The van der Waals surface area contributed by atoms with E-state index in [9.17, 15) is 9.59 Å². The molecule has 0 radical (unpaired) electrons. The van der Waals surface area contributed by atoms with E-state index in [1.165, 1.54) is 0 Å². The molecule has 8 heteroatoms. The number of anilines is 1. The van der Waals surface area contributed by atoms with Crippen molar-refractivity contribution < 1.29 is 4.79 Å². The van der Waals surface area contributed by atoms with Crippen molar-refractivity contribution in [2.75, 3.05) is 24.5 Å². The van der Waals surface area contributed by atoms with Crippen LogP contribution in [0.25, 0.3) is 0 Å². The molecule has 4 heterocycles. The monoisotopic (exact) mass is 398 g/mol. The van der Waals surface area contributed by atoms with E-state index >= 15 is 0 Å². The minimum Gasteiger partial charge on any atom is -0.342 e. The van der Waals surface area contributed by atoms with Gasteiger partial charge in [0.05, 0.1) is 24.0 Å². The molecule has 2 aliphatic heterocycles. The Morgan fingerprint density at radius 2 is 2.03 bits per heavy atom. The van der Waals surface area contributed by atoms with Gasteiger partial charge >= 0.3 is 0 Å². The number of rotatable bonds is 4. The van der Waals surface area contributed by atoms with E-state index in [1.54, 1.807) is 11.1 Å². The minimum atomic E-state index is -0.0670. The van der Waals surface area contributed by atoms with Crippen LogP contribution < -0.4 is 10.5 Å². The highest BCUT2D eigenvalue weighted by Crippen LogP contribution is 2.23. The van der Waals surface area contributed by atoms with E-state index in [1.807, 2.05) is 11.6 Å². The molecule has 2 aromatic rings.